The molecule has 0 unspecified atom stereocenters. The topological polar surface area (TPSA) is 62.1 Å². The number of hydrogen-bond donors (Lipinski definition) is 1. The first-order valence-corrected chi connectivity index (χ1v) is 10.9. The third-order valence-corrected chi connectivity index (χ3v) is 5.79. The number of hydrogen-bond acceptors (Lipinski definition) is 3. The highest BCUT2D eigenvalue weighted by molar-refractivity contribution is 6.02. The molecular formula is C27H26N2O2. The van der Waals surface area contributed by atoms with Gasteiger partial charge in [0, 0.05) is 11.6 Å². The molecule has 156 valence electrons. The molecule has 0 radical (unpaired) electrons. The van der Waals surface area contributed by atoms with Gasteiger partial charge in [0.15, 0.2) is 0 Å². The fourth-order valence-corrected chi connectivity index (χ4v) is 4.12. The molecule has 3 aromatic carbocycles. The first kappa shape index (κ1) is 20.7. The van der Waals surface area contributed by atoms with Gasteiger partial charge in [0.05, 0.1) is 0 Å². The lowest BCUT2D eigenvalue weighted by Gasteiger charge is -2.22. The SMILES string of the molecule is N#C/C(=C\c1ccccc1OCc1cccc2ccccc12)C(=O)NC1CCCCC1. The number of amides is 1. The van der Waals surface area contributed by atoms with Crippen LogP contribution in [0.25, 0.3) is 16.8 Å². The van der Waals surface area contributed by atoms with E-state index >= 15 is 0 Å². The van der Waals surface area contributed by atoms with Crippen LogP contribution in [0.5, 0.6) is 5.75 Å². The summed E-state index contributed by atoms with van der Waals surface area (Å²) in [4.78, 5) is 12.6. The summed E-state index contributed by atoms with van der Waals surface area (Å²) < 4.78 is 6.12. The maximum Gasteiger partial charge on any atom is 0.262 e. The lowest BCUT2D eigenvalue weighted by Crippen LogP contribution is -2.36. The molecule has 31 heavy (non-hydrogen) atoms. The number of benzene rings is 3. The third kappa shape index (κ3) is 5.13. The van der Waals surface area contributed by atoms with E-state index in [0.29, 0.717) is 12.4 Å². The molecule has 4 rings (SSSR count). The molecule has 1 N–H and O–H groups in total. The van der Waals surface area contributed by atoms with E-state index in [2.05, 4.69) is 35.7 Å². The molecule has 1 saturated carbocycles. The summed E-state index contributed by atoms with van der Waals surface area (Å²) >= 11 is 0. The van der Waals surface area contributed by atoms with E-state index in [1.165, 1.54) is 11.8 Å². The monoisotopic (exact) mass is 410 g/mol. The number of para-hydroxylation sites is 1. The van der Waals surface area contributed by atoms with E-state index < -0.39 is 0 Å². The Labute approximate surface area is 183 Å². The Morgan fingerprint density at radius 3 is 2.58 bits per heavy atom. The van der Waals surface area contributed by atoms with Crippen LogP contribution in [0.15, 0.2) is 72.3 Å². The smallest absolute Gasteiger partial charge is 0.262 e. The van der Waals surface area contributed by atoms with Gasteiger partial charge >= 0.3 is 0 Å². The number of fused-ring (bicyclic) bond motifs is 1. The fourth-order valence-electron chi connectivity index (χ4n) is 4.12. The maximum atomic E-state index is 12.6. The summed E-state index contributed by atoms with van der Waals surface area (Å²) in [7, 11) is 0. The Balaban J connectivity index is 1.52. The minimum absolute atomic E-state index is 0.104. The quantitative estimate of drug-likeness (QED) is 0.414. The minimum Gasteiger partial charge on any atom is -0.488 e. The lowest BCUT2D eigenvalue weighted by atomic mass is 9.95. The van der Waals surface area contributed by atoms with Crippen LogP contribution in [-0.4, -0.2) is 11.9 Å². The van der Waals surface area contributed by atoms with Gasteiger partial charge in [-0.2, -0.15) is 5.26 Å². The van der Waals surface area contributed by atoms with E-state index in [4.69, 9.17) is 4.74 Å². The van der Waals surface area contributed by atoms with E-state index in [9.17, 15) is 10.1 Å². The summed E-state index contributed by atoms with van der Waals surface area (Å²) in [6, 6.07) is 24.1. The number of nitrogens with one attached hydrogen (secondary N) is 1. The van der Waals surface area contributed by atoms with Gasteiger partial charge in [-0.25, -0.2) is 0 Å². The Kier molecular flexibility index (Phi) is 6.64. The molecule has 4 nitrogen and oxygen atoms in total. The molecule has 0 saturated heterocycles. The number of ether oxygens (including phenoxy) is 1. The molecule has 4 heteroatoms. The summed E-state index contributed by atoms with van der Waals surface area (Å²) in [5.74, 6) is 0.340. The summed E-state index contributed by atoms with van der Waals surface area (Å²) in [6.45, 7) is 0.405. The van der Waals surface area contributed by atoms with Gasteiger partial charge in [0.1, 0.15) is 24.0 Å². The van der Waals surface area contributed by atoms with Crippen molar-refractivity contribution >= 4 is 22.8 Å². The fraction of sp³-hybridized carbons (Fsp3) is 0.259. The van der Waals surface area contributed by atoms with Crippen LogP contribution in [0.2, 0.25) is 0 Å². The average Bonchev–Trinajstić information content (AvgIpc) is 2.82. The summed E-state index contributed by atoms with van der Waals surface area (Å²) in [5.41, 5.74) is 1.91. The summed E-state index contributed by atoms with van der Waals surface area (Å²) in [5, 5.41) is 14.9. The van der Waals surface area contributed by atoms with E-state index in [1.54, 1.807) is 6.08 Å². The second kappa shape index (κ2) is 9.95. The largest absolute Gasteiger partial charge is 0.488 e. The van der Waals surface area contributed by atoms with Crippen LogP contribution in [0.3, 0.4) is 0 Å². The zero-order valence-corrected chi connectivity index (χ0v) is 17.5. The molecule has 0 bridgehead atoms. The van der Waals surface area contributed by atoms with Crippen molar-refractivity contribution < 1.29 is 9.53 Å². The molecule has 0 aliphatic heterocycles. The number of carbonyl (C=O) groups is 1. The minimum atomic E-state index is -0.307. The van der Waals surface area contributed by atoms with Crippen molar-refractivity contribution in [3.8, 4) is 11.8 Å². The van der Waals surface area contributed by atoms with Crippen LogP contribution in [-0.2, 0) is 11.4 Å². The lowest BCUT2D eigenvalue weighted by molar-refractivity contribution is -0.117. The number of carbonyl (C=O) groups excluding carboxylic acids is 1. The van der Waals surface area contributed by atoms with Crippen molar-refractivity contribution in [1.29, 1.82) is 5.26 Å². The van der Waals surface area contributed by atoms with Gasteiger partial charge in [0.2, 0.25) is 0 Å². The van der Waals surface area contributed by atoms with Crippen molar-refractivity contribution in [3.05, 3.63) is 83.4 Å². The standard InChI is InChI=1S/C27H26N2O2/c28-18-23(27(30)29-24-13-2-1-3-14-24)17-21-10-5-7-16-26(21)31-19-22-12-8-11-20-9-4-6-15-25(20)22/h4-12,15-17,24H,1-3,13-14,19H2,(H,29,30)/b23-17+. The Morgan fingerprint density at radius 2 is 1.74 bits per heavy atom. The molecule has 1 aliphatic carbocycles. The normalized spacial score (nSPS) is 14.7. The number of rotatable bonds is 6. The van der Waals surface area contributed by atoms with Gasteiger partial charge in [0.25, 0.3) is 5.91 Å². The second-order valence-electron chi connectivity index (χ2n) is 7.94. The molecule has 0 aromatic heterocycles. The number of nitriles is 1. The first-order valence-electron chi connectivity index (χ1n) is 10.9. The van der Waals surface area contributed by atoms with Gasteiger partial charge in [-0.05, 0) is 41.3 Å². The van der Waals surface area contributed by atoms with Gasteiger partial charge in [-0.15, -0.1) is 0 Å². The Hall–Kier alpha value is -3.58. The van der Waals surface area contributed by atoms with Crippen LogP contribution < -0.4 is 10.1 Å². The van der Waals surface area contributed by atoms with E-state index in [1.807, 2.05) is 42.5 Å². The average molecular weight is 411 g/mol. The predicted octanol–water partition coefficient (Wildman–Crippen LogP) is 5.77. The van der Waals surface area contributed by atoms with Gasteiger partial charge < -0.3 is 10.1 Å². The molecule has 0 atom stereocenters. The van der Waals surface area contributed by atoms with Gasteiger partial charge in [-0.1, -0.05) is 79.9 Å². The summed E-state index contributed by atoms with van der Waals surface area (Å²) in [6.07, 6.45) is 7.05. The van der Waals surface area contributed by atoms with Gasteiger partial charge in [-0.3, -0.25) is 4.79 Å². The Bertz CT molecular complexity index is 1130. The van der Waals surface area contributed by atoms with Crippen LogP contribution in [0, 0.1) is 11.3 Å². The zero-order chi connectivity index (χ0) is 21.5. The van der Waals surface area contributed by atoms with Crippen molar-refractivity contribution in [2.45, 2.75) is 44.8 Å². The van der Waals surface area contributed by atoms with Crippen LogP contribution >= 0.6 is 0 Å². The molecule has 1 amide bonds. The predicted molar refractivity (Wildman–Crippen MR) is 123 cm³/mol. The van der Waals surface area contributed by atoms with Crippen LogP contribution in [0.4, 0.5) is 0 Å². The Morgan fingerprint density at radius 1 is 1.00 bits per heavy atom. The van der Waals surface area contributed by atoms with Crippen molar-refractivity contribution in [2.75, 3.05) is 0 Å². The maximum absolute atomic E-state index is 12.6. The second-order valence-corrected chi connectivity index (χ2v) is 7.94. The first-order chi connectivity index (χ1) is 15.2. The van der Waals surface area contributed by atoms with E-state index in [-0.39, 0.29) is 17.5 Å². The molecule has 1 fully saturated rings. The molecule has 1 aliphatic rings. The zero-order valence-electron chi connectivity index (χ0n) is 17.5. The highest BCUT2D eigenvalue weighted by atomic mass is 16.5. The molecule has 0 spiro atoms. The molecule has 0 heterocycles. The highest BCUT2D eigenvalue weighted by Gasteiger charge is 2.18. The highest BCUT2D eigenvalue weighted by Crippen LogP contribution is 2.25. The van der Waals surface area contributed by atoms with E-state index in [0.717, 1.165) is 42.2 Å². The van der Waals surface area contributed by atoms with Crippen molar-refractivity contribution in [2.24, 2.45) is 0 Å². The molecule has 3 aromatic rings. The number of nitrogens with zero attached hydrogens (tertiary/aromatic N) is 1. The third-order valence-electron chi connectivity index (χ3n) is 5.79. The van der Waals surface area contributed by atoms with Crippen molar-refractivity contribution in [1.82, 2.24) is 5.32 Å². The van der Waals surface area contributed by atoms with Crippen LogP contribution in [0.1, 0.15) is 43.2 Å². The molecular weight excluding hydrogens is 384 g/mol. The van der Waals surface area contributed by atoms with Crippen molar-refractivity contribution in [3.63, 3.8) is 0 Å².